The predicted molar refractivity (Wildman–Crippen MR) is 83.5 cm³/mol. The van der Waals surface area contributed by atoms with Gasteiger partial charge in [0.15, 0.2) is 0 Å². The van der Waals surface area contributed by atoms with Crippen LogP contribution in [-0.2, 0) is 0 Å². The molecule has 0 saturated heterocycles. The molecule has 2 aromatic carbocycles. The highest BCUT2D eigenvalue weighted by Gasteiger charge is 2.07. The Kier molecular flexibility index (Phi) is 3.75. The molecule has 104 valence electrons. The van der Waals surface area contributed by atoms with E-state index in [0.717, 1.165) is 11.3 Å². The minimum absolute atomic E-state index is 0.164. The van der Waals surface area contributed by atoms with E-state index >= 15 is 0 Å². The second-order valence-electron chi connectivity index (χ2n) is 4.52. The van der Waals surface area contributed by atoms with Gasteiger partial charge in [0.05, 0.1) is 6.26 Å². The molecule has 0 bridgehead atoms. The zero-order chi connectivity index (χ0) is 14.7. The SMILES string of the molecule is O=C(Nc1ccc(Cl)cc1)c1ccc(-c2ccco2)cc1. The van der Waals surface area contributed by atoms with Crippen LogP contribution in [0.15, 0.2) is 71.3 Å². The molecule has 3 aromatic rings. The van der Waals surface area contributed by atoms with Gasteiger partial charge in [0.25, 0.3) is 5.91 Å². The van der Waals surface area contributed by atoms with Gasteiger partial charge in [0, 0.05) is 21.8 Å². The summed E-state index contributed by atoms with van der Waals surface area (Å²) in [6.07, 6.45) is 1.62. The molecule has 0 radical (unpaired) electrons. The molecule has 1 heterocycles. The molecular weight excluding hydrogens is 286 g/mol. The molecule has 1 N–H and O–H groups in total. The van der Waals surface area contributed by atoms with Gasteiger partial charge < -0.3 is 9.73 Å². The zero-order valence-electron chi connectivity index (χ0n) is 11.0. The van der Waals surface area contributed by atoms with Crippen molar-refractivity contribution >= 4 is 23.2 Å². The van der Waals surface area contributed by atoms with Crippen LogP contribution >= 0.6 is 11.6 Å². The van der Waals surface area contributed by atoms with Crippen LogP contribution in [0.5, 0.6) is 0 Å². The fraction of sp³-hybridized carbons (Fsp3) is 0. The summed E-state index contributed by atoms with van der Waals surface area (Å²) in [6.45, 7) is 0. The molecule has 0 atom stereocenters. The summed E-state index contributed by atoms with van der Waals surface area (Å²) in [5.74, 6) is 0.614. The summed E-state index contributed by atoms with van der Waals surface area (Å²) >= 11 is 5.81. The van der Waals surface area contributed by atoms with Crippen molar-refractivity contribution in [1.82, 2.24) is 0 Å². The Morgan fingerprint density at radius 3 is 2.29 bits per heavy atom. The van der Waals surface area contributed by atoms with E-state index in [1.165, 1.54) is 0 Å². The fourth-order valence-corrected chi connectivity index (χ4v) is 2.09. The monoisotopic (exact) mass is 297 g/mol. The van der Waals surface area contributed by atoms with Crippen LogP contribution in [0.3, 0.4) is 0 Å². The van der Waals surface area contributed by atoms with E-state index in [9.17, 15) is 4.79 Å². The molecule has 0 aliphatic heterocycles. The van der Waals surface area contributed by atoms with Crippen LogP contribution in [0, 0.1) is 0 Å². The molecule has 0 unspecified atom stereocenters. The number of rotatable bonds is 3. The molecule has 1 amide bonds. The molecule has 0 saturated carbocycles. The average Bonchev–Trinajstić information content (AvgIpc) is 3.04. The predicted octanol–water partition coefficient (Wildman–Crippen LogP) is 4.85. The molecule has 0 aliphatic carbocycles. The summed E-state index contributed by atoms with van der Waals surface area (Å²) in [5, 5.41) is 3.45. The number of hydrogen-bond donors (Lipinski definition) is 1. The van der Waals surface area contributed by atoms with Gasteiger partial charge in [0.1, 0.15) is 5.76 Å². The third-order valence-corrected chi connectivity index (χ3v) is 3.31. The third-order valence-electron chi connectivity index (χ3n) is 3.05. The van der Waals surface area contributed by atoms with E-state index in [-0.39, 0.29) is 5.91 Å². The molecule has 4 heteroatoms. The fourth-order valence-electron chi connectivity index (χ4n) is 1.97. The molecular formula is C17H12ClNO2. The number of carbonyl (C=O) groups excluding carboxylic acids is 1. The topological polar surface area (TPSA) is 42.2 Å². The Bertz CT molecular complexity index is 731. The number of amides is 1. The lowest BCUT2D eigenvalue weighted by atomic mass is 10.1. The smallest absolute Gasteiger partial charge is 0.255 e. The summed E-state index contributed by atoms with van der Waals surface area (Å²) in [4.78, 5) is 12.1. The van der Waals surface area contributed by atoms with Gasteiger partial charge >= 0.3 is 0 Å². The maximum absolute atomic E-state index is 12.1. The van der Waals surface area contributed by atoms with Crippen LogP contribution in [0.2, 0.25) is 5.02 Å². The van der Waals surface area contributed by atoms with Crippen LogP contribution in [0.25, 0.3) is 11.3 Å². The molecule has 0 aliphatic rings. The van der Waals surface area contributed by atoms with Crippen molar-refractivity contribution < 1.29 is 9.21 Å². The molecule has 0 spiro atoms. The highest BCUT2D eigenvalue weighted by Crippen LogP contribution is 2.20. The van der Waals surface area contributed by atoms with Gasteiger partial charge in [-0.2, -0.15) is 0 Å². The average molecular weight is 298 g/mol. The maximum atomic E-state index is 12.1. The zero-order valence-corrected chi connectivity index (χ0v) is 11.8. The first-order valence-corrected chi connectivity index (χ1v) is 6.81. The number of benzene rings is 2. The summed E-state index contributed by atoms with van der Waals surface area (Å²) in [5.41, 5.74) is 2.22. The first-order valence-electron chi connectivity index (χ1n) is 6.43. The number of halogens is 1. The van der Waals surface area contributed by atoms with Crippen molar-refractivity contribution in [2.24, 2.45) is 0 Å². The van der Waals surface area contributed by atoms with Crippen molar-refractivity contribution in [1.29, 1.82) is 0 Å². The van der Waals surface area contributed by atoms with Gasteiger partial charge in [-0.15, -0.1) is 0 Å². The Morgan fingerprint density at radius 2 is 1.67 bits per heavy atom. The minimum atomic E-state index is -0.164. The lowest BCUT2D eigenvalue weighted by Crippen LogP contribution is -2.11. The third kappa shape index (κ3) is 3.15. The van der Waals surface area contributed by atoms with E-state index in [1.54, 1.807) is 42.7 Å². The lowest BCUT2D eigenvalue weighted by Gasteiger charge is -2.06. The summed E-state index contributed by atoms with van der Waals surface area (Å²) in [7, 11) is 0. The minimum Gasteiger partial charge on any atom is -0.464 e. The first-order chi connectivity index (χ1) is 10.2. The van der Waals surface area contributed by atoms with Crippen molar-refractivity contribution in [3.8, 4) is 11.3 Å². The Balaban J connectivity index is 1.74. The van der Waals surface area contributed by atoms with Crippen molar-refractivity contribution in [2.75, 3.05) is 5.32 Å². The normalized spacial score (nSPS) is 10.3. The van der Waals surface area contributed by atoms with E-state index in [2.05, 4.69) is 5.32 Å². The Labute approximate surface area is 127 Å². The van der Waals surface area contributed by atoms with Crippen LogP contribution < -0.4 is 5.32 Å². The number of hydrogen-bond acceptors (Lipinski definition) is 2. The van der Waals surface area contributed by atoms with Crippen molar-refractivity contribution in [3.63, 3.8) is 0 Å². The molecule has 21 heavy (non-hydrogen) atoms. The number of furan rings is 1. The molecule has 1 aromatic heterocycles. The quantitative estimate of drug-likeness (QED) is 0.750. The molecule has 3 nitrogen and oxygen atoms in total. The molecule has 0 fully saturated rings. The first kappa shape index (κ1) is 13.5. The van der Waals surface area contributed by atoms with Crippen LogP contribution in [0.1, 0.15) is 10.4 Å². The van der Waals surface area contributed by atoms with Crippen LogP contribution in [-0.4, -0.2) is 5.91 Å². The van der Waals surface area contributed by atoms with E-state index < -0.39 is 0 Å². The second kappa shape index (κ2) is 5.85. The Hall–Kier alpha value is -2.52. The van der Waals surface area contributed by atoms with Crippen molar-refractivity contribution in [2.45, 2.75) is 0 Å². The summed E-state index contributed by atoms with van der Waals surface area (Å²) in [6, 6.07) is 17.9. The standard InChI is InChI=1S/C17H12ClNO2/c18-14-7-9-15(10-8-14)19-17(20)13-5-3-12(4-6-13)16-2-1-11-21-16/h1-11H,(H,19,20). The van der Waals surface area contributed by atoms with E-state index in [0.29, 0.717) is 16.3 Å². The maximum Gasteiger partial charge on any atom is 0.255 e. The summed E-state index contributed by atoms with van der Waals surface area (Å²) < 4.78 is 5.31. The number of carbonyl (C=O) groups is 1. The highest BCUT2D eigenvalue weighted by molar-refractivity contribution is 6.30. The molecule has 3 rings (SSSR count). The van der Waals surface area contributed by atoms with Gasteiger partial charge in [-0.25, -0.2) is 0 Å². The van der Waals surface area contributed by atoms with E-state index in [4.69, 9.17) is 16.0 Å². The van der Waals surface area contributed by atoms with E-state index in [1.807, 2.05) is 24.3 Å². The highest BCUT2D eigenvalue weighted by atomic mass is 35.5. The van der Waals surface area contributed by atoms with Gasteiger partial charge in [0.2, 0.25) is 0 Å². The Morgan fingerprint density at radius 1 is 0.952 bits per heavy atom. The van der Waals surface area contributed by atoms with Crippen LogP contribution in [0.4, 0.5) is 5.69 Å². The number of anilines is 1. The number of nitrogens with one attached hydrogen (secondary N) is 1. The van der Waals surface area contributed by atoms with Crippen molar-refractivity contribution in [3.05, 3.63) is 77.5 Å². The second-order valence-corrected chi connectivity index (χ2v) is 4.95. The largest absolute Gasteiger partial charge is 0.464 e. The van der Waals surface area contributed by atoms with Gasteiger partial charge in [-0.1, -0.05) is 23.7 Å². The van der Waals surface area contributed by atoms with Gasteiger partial charge in [-0.3, -0.25) is 4.79 Å². The van der Waals surface area contributed by atoms with Gasteiger partial charge in [-0.05, 0) is 48.5 Å². The lowest BCUT2D eigenvalue weighted by molar-refractivity contribution is 0.102.